The van der Waals surface area contributed by atoms with Crippen LogP contribution in [0.25, 0.3) is 10.9 Å². The first-order chi connectivity index (χ1) is 11.6. The van der Waals surface area contributed by atoms with Gasteiger partial charge in [-0.15, -0.1) is 0 Å². The molecule has 2 aromatic rings. The van der Waals surface area contributed by atoms with E-state index < -0.39 is 0 Å². The van der Waals surface area contributed by atoms with E-state index in [9.17, 15) is 14.7 Å². The maximum atomic E-state index is 12.0. The van der Waals surface area contributed by atoms with Crippen molar-refractivity contribution in [3.63, 3.8) is 0 Å². The number of hydrogen-bond acceptors (Lipinski definition) is 5. The second kappa shape index (κ2) is 9.44. The second-order valence-corrected chi connectivity index (χ2v) is 6.60. The van der Waals surface area contributed by atoms with Crippen molar-refractivity contribution in [1.29, 1.82) is 0 Å². The fraction of sp³-hybridized carbons (Fsp3) is 0.471. The number of hydrogen-bond donors (Lipinski definition) is 3. The molecule has 0 fully saturated rings. The quantitative estimate of drug-likeness (QED) is 0.637. The average molecular weight is 349 g/mol. The number of nitrogens with zero attached hydrogens (tertiary/aromatic N) is 1. The van der Waals surface area contributed by atoms with Gasteiger partial charge < -0.3 is 15.4 Å². The van der Waals surface area contributed by atoms with Crippen LogP contribution in [0.15, 0.2) is 29.1 Å². The van der Waals surface area contributed by atoms with E-state index in [1.807, 2.05) is 12.3 Å². The van der Waals surface area contributed by atoms with E-state index in [0.717, 1.165) is 12.2 Å². The number of amides is 1. The minimum absolute atomic E-state index is 0.0498. The van der Waals surface area contributed by atoms with Crippen LogP contribution < -0.4 is 10.9 Å². The van der Waals surface area contributed by atoms with Crippen molar-refractivity contribution in [2.45, 2.75) is 31.7 Å². The van der Waals surface area contributed by atoms with Crippen LogP contribution in [-0.2, 0) is 11.2 Å². The summed E-state index contributed by atoms with van der Waals surface area (Å²) in [6.45, 7) is -0.0498. The zero-order chi connectivity index (χ0) is 17.4. The van der Waals surface area contributed by atoms with E-state index in [4.69, 9.17) is 0 Å². The van der Waals surface area contributed by atoms with Crippen LogP contribution in [0.1, 0.15) is 25.1 Å². The summed E-state index contributed by atoms with van der Waals surface area (Å²) < 4.78 is 0. The number of H-pyrrole nitrogens is 1. The van der Waals surface area contributed by atoms with Gasteiger partial charge in [-0.1, -0.05) is 12.1 Å². The number of benzene rings is 1. The van der Waals surface area contributed by atoms with Gasteiger partial charge in [0, 0.05) is 12.8 Å². The topological polar surface area (TPSA) is 95.1 Å². The predicted molar refractivity (Wildman–Crippen MR) is 97.3 cm³/mol. The molecule has 0 radical (unpaired) electrons. The number of thioether (sulfide) groups is 1. The average Bonchev–Trinajstić information content (AvgIpc) is 2.58. The molecule has 0 aliphatic rings. The summed E-state index contributed by atoms with van der Waals surface area (Å²) in [5.74, 6) is 1.40. The molecule has 1 aromatic heterocycles. The monoisotopic (exact) mass is 349 g/mol. The van der Waals surface area contributed by atoms with E-state index in [0.29, 0.717) is 36.0 Å². The number of aliphatic hydroxyl groups is 1. The van der Waals surface area contributed by atoms with Gasteiger partial charge in [0.1, 0.15) is 5.82 Å². The highest BCUT2D eigenvalue weighted by molar-refractivity contribution is 7.98. The largest absolute Gasteiger partial charge is 0.394 e. The highest BCUT2D eigenvalue weighted by Crippen LogP contribution is 2.07. The number of carbonyl (C=O) groups excluding carboxylic acids is 1. The van der Waals surface area contributed by atoms with Crippen molar-refractivity contribution >= 4 is 28.6 Å². The molecule has 1 aromatic carbocycles. The van der Waals surface area contributed by atoms with Gasteiger partial charge >= 0.3 is 0 Å². The van der Waals surface area contributed by atoms with Gasteiger partial charge in [0.25, 0.3) is 5.56 Å². The molecule has 0 spiro atoms. The van der Waals surface area contributed by atoms with E-state index in [2.05, 4.69) is 15.3 Å². The van der Waals surface area contributed by atoms with Crippen molar-refractivity contribution in [2.75, 3.05) is 18.6 Å². The summed E-state index contributed by atoms with van der Waals surface area (Å²) in [4.78, 5) is 31.1. The third kappa shape index (κ3) is 5.35. The lowest BCUT2D eigenvalue weighted by Crippen LogP contribution is -2.37. The van der Waals surface area contributed by atoms with Crippen molar-refractivity contribution < 1.29 is 9.90 Å². The number of para-hydroxylation sites is 1. The van der Waals surface area contributed by atoms with Gasteiger partial charge in [-0.3, -0.25) is 9.59 Å². The summed E-state index contributed by atoms with van der Waals surface area (Å²) in [5.41, 5.74) is 0.510. The lowest BCUT2D eigenvalue weighted by Gasteiger charge is -2.15. The van der Waals surface area contributed by atoms with Crippen LogP contribution in [0, 0.1) is 0 Å². The maximum Gasteiger partial charge on any atom is 0.258 e. The summed E-state index contributed by atoms with van der Waals surface area (Å²) in [6.07, 6.45) is 4.21. The number of nitrogens with one attached hydrogen (secondary N) is 2. The summed E-state index contributed by atoms with van der Waals surface area (Å²) in [5, 5.41) is 12.7. The van der Waals surface area contributed by atoms with Crippen molar-refractivity contribution in [2.24, 2.45) is 0 Å². The number of carbonyl (C=O) groups is 1. The zero-order valence-electron chi connectivity index (χ0n) is 13.7. The predicted octanol–water partition coefficient (Wildman–Crippen LogP) is 1.48. The number of fused-ring (bicyclic) bond motifs is 1. The van der Waals surface area contributed by atoms with E-state index >= 15 is 0 Å². The maximum absolute atomic E-state index is 12.0. The molecule has 1 amide bonds. The van der Waals surface area contributed by atoms with Crippen molar-refractivity contribution in [3.05, 3.63) is 40.4 Å². The molecule has 2 rings (SSSR count). The lowest BCUT2D eigenvalue weighted by molar-refractivity contribution is -0.122. The second-order valence-electron chi connectivity index (χ2n) is 5.61. The van der Waals surface area contributed by atoms with Crippen LogP contribution in [0.5, 0.6) is 0 Å². The van der Waals surface area contributed by atoms with Gasteiger partial charge in [-0.25, -0.2) is 4.98 Å². The smallest absolute Gasteiger partial charge is 0.258 e. The molecule has 0 bridgehead atoms. The number of aromatic amines is 1. The molecule has 130 valence electrons. The Kier molecular flexibility index (Phi) is 7.27. The number of aryl methyl sites for hydroxylation is 1. The highest BCUT2D eigenvalue weighted by atomic mass is 32.2. The molecule has 7 heteroatoms. The van der Waals surface area contributed by atoms with E-state index in [1.165, 1.54) is 0 Å². The van der Waals surface area contributed by atoms with E-state index in [1.54, 1.807) is 30.0 Å². The Morgan fingerprint density at radius 1 is 1.42 bits per heavy atom. The number of rotatable bonds is 9. The first-order valence-corrected chi connectivity index (χ1v) is 9.40. The Morgan fingerprint density at radius 2 is 2.21 bits per heavy atom. The van der Waals surface area contributed by atoms with Gasteiger partial charge in [-0.2, -0.15) is 11.8 Å². The molecule has 1 atom stereocenters. The van der Waals surface area contributed by atoms with Crippen LogP contribution in [-0.4, -0.2) is 45.6 Å². The van der Waals surface area contributed by atoms with Gasteiger partial charge in [0.2, 0.25) is 5.91 Å². The standard InChI is InChI=1S/C17H23N3O3S/c1-24-10-9-12(11-21)18-16(22)8-4-7-15-19-14-6-3-2-5-13(14)17(23)20-15/h2-3,5-6,12,21H,4,7-11H2,1H3,(H,18,22)(H,19,20,23)/t12-/m1/s1. The van der Waals surface area contributed by atoms with Gasteiger partial charge in [-0.05, 0) is 37.0 Å². The minimum atomic E-state index is -0.191. The molecule has 6 nitrogen and oxygen atoms in total. The third-order valence-corrected chi connectivity index (χ3v) is 4.38. The lowest BCUT2D eigenvalue weighted by atomic mass is 10.2. The third-order valence-electron chi connectivity index (χ3n) is 3.74. The first kappa shape index (κ1) is 18.5. The Balaban J connectivity index is 1.85. The van der Waals surface area contributed by atoms with Crippen molar-refractivity contribution in [3.8, 4) is 0 Å². The summed E-state index contributed by atoms with van der Waals surface area (Å²) in [6, 6.07) is 7.00. The number of aliphatic hydroxyl groups excluding tert-OH is 1. The molecule has 0 saturated heterocycles. The molecule has 0 saturated carbocycles. The van der Waals surface area contributed by atoms with Gasteiger partial charge in [0.15, 0.2) is 0 Å². The highest BCUT2D eigenvalue weighted by Gasteiger charge is 2.11. The first-order valence-electron chi connectivity index (χ1n) is 8.01. The molecule has 0 unspecified atom stereocenters. The molecule has 1 heterocycles. The Labute approximate surface area is 145 Å². The molecule has 0 aliphatic heterocycles. The van der Waals surface area contributed by atoms with Crippen molar-refractivity contribution in [1.82, 2.24) is 15.3 Å². The van der Waals surface area contributed by atoms with Gasteiger partial charge in [0.05, 0.1) is 23.6 Å². The number of aromatic nitrogens is 2. The molecule has 3 N–H and O–H groups in total. The summed E-state index contributed by atoms with van der Waals surface area (Å²) in [7, 11) is 0. The fourth-order valence-corrected chi connectivity index (χ4v) is 2.96. The molecular weight excluding hydrogens is 326 g/mol. The van der Waals surface area contributed by atoms with Crippen LogP contribution in [0.2, 0.25) is 0 Å². The van der Waals surface area contributed by atoms with Crippen LogP contribution in [0.4, 0.5) is 0 Å². The zero-order valence-corrected chi connectivity index (χ0v) is 14.6. The fourth-order valence-electron chi connectivity index (χ4n) is 2.44. The molecular formula is C17H23N3O3S. The Morgan fingerprint density at radius 3 is 2.96 bits per heavy atom. The minimum Gasteiger partial charge on any atom is -0.394 e. The molecule has 24 heavy (non-hydrogen) atoms. The SMILES string of the molecule is CSCC[C@H](CO)NC(=O)CCCc1nc2ccccc2c(=O)[nH]1. The van der Waals surface area contributed by atoms with Crippen LogP contribution in [0.3, 0.4) is 0 Å². The van der Waals surface area contributed by atoms with Crippen LogP contribution >= 0.6 is 11.8 Å². The van der Waals surface area contributed by atoms with E-state index in [-0.39, 0.29) is 24.1 Å². The normalized spacial score (nSPS) is 12.2. The Hall–Kier alpha value is -1.86. The molecule has 0 aliphatic carbocycles. The Bertz CT molecular complexity index is 732. The summed E-state index contributed by atoms with van der Waals surface area (Å²) >= 11 is 1.69.